The Bertz CT molecular complexity index is 661. The molecular weight excluding hydrogens is 373 g/mol. The molecule has 1 unspecified atom stereocenters. The van der Waals surface area contributed by atoms with Crippen LogP contribution in [0.15, 0.2) is 34.8 Å². The van der Waals surface area contributed by atoms with Crippen molar-refractivity contribution in [3.8, 4) is 5.75 Å². The summed E-state index contributed by atoms with van der Waals surface area (Å²) in [5.41, 5.74) is 9.22. The highest BCUT2D eigenvalue weighted by atomic mass is 79.9. The third kappa shape index (κ3) is 3.72. The lowest BCUT2D eigenvalue weighted by Crippen LogP contribution is -2.13. The van der Waals surface area contributed by atoms with Gasteiger partial charge in [-0.3, -0.25) is 0 Å². The molecule has 0 heterocycles. The van der Waals surface area contributed by atoms with E-state index >= 15 is 0 Å². The maximum Gasteiger partial charge on any atom is 0.139 e. The second kappa shape index (κ2) is 7.01. The standard InChI is InChI=1S/C16H16BrCl2NO/c1-3-21-15-8-13(18)11(7-14(15)19)16(20)10-4-5-12(17)9(2)6-10/h4-8,16H,3,20H2,1-2H3. The second-order valence-electron chi connectivity index (χ2n) is 4.72. The van der Waals surface area contributed by atoms with E-state index in [1.807, 2.05) is 32.0 Å². The fourth-order valence-electron chi connectivity index (χ4n) is 2.09. The quantitative estimate of drug-likeness (QED) is 0.749. The molecule has 2 rings (SSSR count). The molecule has 0 saturated carbocycles. The summed E-state index contributed by atoms with van der Waals surface area (Å²) in [6.07, 6.45) is 0. The van der Waals surface area contributed by atoms with Crippen molar-refractivity contribution in [2.45, 2.75) is 19.9 Å². The van der Waals surface area contributed by atoms with Gasteiger partial charge in [-0.2, -0.15) is 0 Å². The van der Waals surface area contributed by atoms with E-state index in [0.29, 0.717) is 22.4 Å². The summed E-state index contributed by atoms with van der Waals surface area (Å²) in [6, 6.07) is 9.15. The van der Waals surface area contributed by atoms with E-state index in [4.69, 9.17) is 33.7 Å². The molecule has 0 amide bonds. The van der Waals surface area contributed by atoms with Gasteiger partial charge in [-0.15, -0.1) is 0 Å². The molecule has 1 atom stereocenters. The lowest BCUT2D eigenvalue weighted by Gasteiger charge is -2.17. The predicted molar refractivity (Wildman–Crippen MR) is 92.5 cm³/mol. The molecule has 112 valence electrons. The predicted octanol–water partition coefficient (Wildman–Crippen LogP) is 5.51. The number of nitrogens with two attached hydrogens (primary N) is 1. The molecular formula is C16H16BrCl2NO. The number of hydrogen-bond donors (Lipinski definition) is 1. The molecule has 2 aromatic carbocycles. The number of aryl methyl sites for hydroxylation is 1. The molecule has 2 aromatic rings. The van der Waals surface area contributed by atoms with Crippen molar-refractivity contribution >= 4 is 39.1 Å². The average Bonchev–Trinajstić information content (AvgIpc) is 2.45. The monoisotopic (exact) mass is 387 g/mol. The molecule has 0 aromatic heterocycles. The minimum Gasteiger partial charge on any atom is -0.492 e. The summed E-state index contributed by atoms with van der Waals surface area (Å²) in [5, 5.41) is 1.07. The zero-order chi connectivity index (χ0) is 15.6. The molecule has 2 nitrogen and oxygen atoms in total. The van der Waals surface area contributed by atoms with Gasteiger partial charge in [-0.1, -0.05) is 51.3 Å². The fourth-order valence-corrected chi connectivity index (χ4v) is 2.83. The van der Waals surface area contributed by atoms with Gasteiger partial charge in [0.2, 0.25) is 0 Å². The molecule has 0 bridgehead atoms. The lowest BCUT2D eigenvalue weighted by molar-refractivity contribution is 0.340. The van der Waals surface area contributed by atoms with Gasteiger partial charge in [-0.25, -0.2) is 0 Å². The number of benzene rings is 2. The minimum absolute atomic E-state index is 0.336. The van der Waals surface area contributed by atoms with Crippen LogP contribution in [0.5, 0.6) is 5.75 Å². The third-order valence-electron chi connectivity index (χ3n) is 3.23. The SMILES string of the molecule is CCOc1cc(Cl)c(C(N)c2ccc(Br)c(C)c2)cc1Cl. The summed E-state index contributed by atoms with van der Waals surface area (Å²) in [5.74, 6) is 0.576. The smallest absolute Gasteiger partial charge is 0.139 e. The van der Waals surface area contributed by atoms with Crippen molar-refractivity contribution in [1.29, 1.82) is 0 Å². The van der Waals surface area contributed by atoms with E-state index in [1.165, 1.54) is 0 Å². The highest BCUT2D eigenvalue weighted by molar-refractivity contribution is 9.10. The molecule has 0 saturated heterocycles. The van der Waals surface area contributed by atoms with Crippen molar-refractivity contribution in [2.75, 3.05) is 6.61 Å². The first-order valence-electron chi connectivity index (χ1n) is 6.57. The molecule has 0 spiro atoms. The van der Waals surface area contributed by atoms with Crippen LogP contribution >= 0.6 is 39.1 Å². The zero-order valence-electron chi connectivity index (χ0n) is 11.8. The van der Waals surface area contributed by atoms with Crippen molar-refractivity contribution in [3.05, 3.63) is 61.5 Å². The number of rotatable bonds is 4. The molecule has 0 aliphatic heterocycles. The molecule has 21 heavy (non-hydrogen) atoms. The Morgan fingerprint density at radius 2 is 1.90 bits per heavy atom. The number of hydrogen-bond acceptors (Lipinski definition) is 2. The first kappa shape index (κ1) is 16.6. The Morgan fingerprint density at radius 1 is 1.19 bits per heavy atom. The van der Waals surface area contributed by atoms with Crippen molar-refractivity contribution < 1.29 is 4.74 Å². The van der Waals surface area contributed by atoms with Gasteiger partial charge >= 0.3 is 0 Å². The molecule has 0 radical (unpaired) electrons. The highest BCUT2D eigenvalue weighted by Gasteiger charge is 2.16. The van der Waals surface area contributed by atoms with Crippen LogP contribution in [-0.2, 0) is 0 Å². The van der Waals surface area contributed by atoms with E-state index in [1.54, 1.807) is 12.1 Å². The Balaban J connectivity index is 2.40. The third-order valence-corrected chi connectivity index (χ3v) is 4.74. The maximum atomic E-state index is 6.33. The van der Waals surface area contributed by atoms with Crippen molar-refractivity contribution in [2.24, 2.45) is 5.73 Å². The largest absolute Gasteiger partial charge is 0.492 e. The molecule has 0 aliphatic rings. The summed E-state index contributed by atoms with van der Waals surface area (Å²) in [6.45, 7) is 4.45. The number of halogens is 3. The summed E-state index contributed by atoms with van der Waals surface area (Å²) in [4.78, 5) is 0. The van der Waals surface area contributed by atoms with Gasteiger partial charge in [0.05, 0.1) is 17.7 Å². The van der Waals surface area contributed by atoms with Crippen LogP contribution in [0.4, 0.5) is 0 Å². The van der Waals surface area contributed by atoms with Gasteiger partial charge in [0.25, 0.3) is 0 Å². The first-order valence-corrected chi connectivity index (χ1v) is 8.12. The van der Waals surface area contributed by atoms with Gasteiger partial charge in [0, 0.05) is 15.6 Å². The topological polar surface area (TPSA) is 35.2 Å². The minimum atomic E-state index is -0.336. The molecule has 5 heteroatoms. The second-order valence-corrected chi connectivity index (χ2v) is 6.39. The van der Waals surface area contributed by atoms with E-state index in [-0.39, 0.29) is 6.04 Å². The van der Waals surface area contributed by atoms with Crippen LogP contribution in [0.3, 0.4) is 0 Å². The van der Waals surface area contributed by atoms with Crippen LogP contribution in [0.25, 0.3) is 0 Å². The molecule has 2 N–H and O–H groups in total. The summed E-state index contributed by atoms with van der Waals surface area (Å²) >= 11 is 16.0. The van der Waals surface area contributed by atoms with Gasteiger partial charge in [0.1, 0.15) is 5.75 Å². The maximum absolute atomic E-state index is 6.33. The van der Waals surface area contributed by atoms with E-state index < -0.39 is 0 Å². The van der Waals surface area contributed by atoms with E-state index in [9.17, 15) is 0 Å². The average molecular weight is 389 g/mol. The lowest BCUT2D eigenvalue weighted by atomic mass is 9.98. The van der Waals surface area contributed by atoms with Crippen molar-refractivity contribution in [1.82, 2.24) is 0 Å². The molecule has 0 fully saturated rings. The normalized spacial score (nSPS) is 12.3. The van der Waals surface area contributed by atoms with Crippen molar-refractivity contribution in [3.63, 3.8) is 0 Å². The van der Waals surface area contributed by atoms with Crippen LogP contribution in [0.2, 0.25) is 10.0 Å². The summed E-state index contributed by atoms with van der Waals surface area (Å²) in [7, 11) is 0. The van der Waals surface area contributed by atoms with E-state index in [0.717, 1.165) is 21.2 Å². The molecule has 0 aliphatic carbocycles. The van der Waals surface area contributed by atoms with Crippen LogP contribution in [0, 0.1) is 6.92 Å². The zero-order valence-corrected chi connectivity index (χ0v) is 14.9. The first-order chi connectivity index (χ1) is 9.93. The fraction of sp³-hybridized carbons (Fsp3) is 0.250. The van der Waals surface area contributed by atoms with Gasteiger partial charge in [-0.05, 0) is 42.7 Å². The van der Waals surface area contributed by atoms with E-state index in [2.05, 4.69) is 15.9 Å². The van der Waals surface area contributed by atoms with Gasteiger partial charge in [0.15, 0.2) is 0 Å². The Kier molecular flexibility index (Phi) is 5.55. The highest BCUT2D eigenvalue weighted by Crippen LogP contribution is 2.36. The van der Waals surface area contributed by atoms with Crippen LogP contribution in [-0.4, -0.2) is 6.61 Å². The number of ether oxygens (including phenoxy) is 1. The van der Waals surface area contributed by atoms with Crippen LogP contribution < -0.4 is 10.5 Å². The summed E-state index contributed by atoms with van der Waals surface area (Å²) < 4.78 is 6.48. The Morgan fingerprint density at radius 3 is 2.52 bits per heavy atom. The van der Waals surface area contributed by atoms with Gasteiger partial charge < -0.3 is 10.5 Å². The van der Waals surface area contributed by atoms with Crippen LogP contribution in [0.1, 0.15) is 29.7 Å². The Labute approximate surface area is 143 Å². The Hall–Kier alpha value is -0.740.